The number of carbonyl (C=O) groups excluding carboxylic acids is 1. The minimum absolute atomic E-state index is 0.173. The highest BCUT2D eigenvalue weighted by molar-refractivity contribution is 14.1. The molecule has 0 saturated carbocycles. The molecule has 0 aliphatic rings. The topological polar surface area (TPSA) is 29.1 Å². The van der Waals surface area contributed by atoms with Crippen LogP contribution in [-0.4, -0.2) is 5.91 Å². The van der Waals surface area contributed by atoms with Crippen LogP contribution in [0.2, 0.25) is 5.02 Å². The van der Waals surface area contributed by atoms with Gasteiger partial charge in [0.1, 0.15) is 0 Å². The second-order valence-corrected chi connectivity index (χ2v) is 7.07. The van der Waals surface area contributed by atoms with Gasteiger partial charge in [-0.05, 0) is 74.9 Å². The first-order valence-corrected chi connectivity index (χ1v) is 8.23. The van der Waals surface area contributed by atoms with Crippen molar-refractivity contribution in [1.82, 2.24) is 0 Å². The standard InChI is InChI=1S/C13H7Br2ClINO/c14-7-1-4-11(17)9(5-7)13(19)18-12-6-8(16)2-3-10(12)15/h1-6H,(H,18,19). The van der Waals surface area contributed by atoms with Crippen molar-refractivity contribution in [2.75, 3.05) is 5.32 Å². The lowest BCUT2D eigenvalue weighted by molar-refractivity contribution is 0.102. The van der Waals surface area contributed by atoms with E-state index < -0.39 is 0 Å². The maximum Gasteiger partial charge on any atom is 0.256 e. The molecular formula is C13H7Br2ClINO. The van der Waals surface area contributed by atoms with Crippen molar-refractivity contribution < 1.29 is 4.79 Å². The number of halogens is 4. The monoisotopic (exact) mass is 513 g/mol. The van der Waals surface area contributed by atoms with E-state index in [1.54, 1.807) is 24.3 Å². The van der Waals surface area contributed by atoms with E-state index in [0.29, 0.717) is 16.3 Å². The zero-order valence-electron chi connectivity index (χ0n) is 9.38. The van der Waals surface area contributed by atoms with Gasteiger partial charge in [0.2, 0.25) is 0 Å². The Kier molecular flexibility index (Phi) is 5.28. The molecular weight excluding hydrogens is 508 g/mol. The normalized spacial score (nSPS) is 10.3. The Labute approximate surface area is 146 Å². The number of hydrogen-bond acceptors (Lipinski definition) is 1. The van der Waals surface area contributed by atoms with Crippen molar-refractivity contribution in [2.24, 2.45) is 0 Å². The van der Waals surface area contributed by atoms with Crippen LogP contribution in [0.5, 0.6) is 0 Å². The fourth-order valence-electron chi connectivity index (χ4n) is 1.45. The Hall–Kier alpha value is -0.110. The molecule has 0 heterocycles. The minimum atomic E-state index is -0.173. The second-order valence-electron chi connectivity index (χ2n) is 3.70. The molecule has 98 valence electrons. The van der Waals surface area contributed by atoms with Crippen molar-refractivity contribution in [3.63, 3.8) is 0 Å². The van der Waals surface area contributed by atoms with Gasteiger partial charge in [0, 0.05) is 17.5 Å². The van der Waals surface area contributed by atoms with E-state index in [0.717, 1.165) is 12.5 Å². The number of anilines is 1. The van der Waals surface area contributed by atoms with E-state index in [-0.39, 0.29) is 5.91 Å². The smallest absolute Gasteiger partial charge is 0.256 e. The third-order valence-corrected chi connectivity index (χ3v) is 4.71. The number of carbonyl (C=O) groups is 1. The van der Waals surface area contributed by atoms with Crippen molar-refractivity contribution in [2.45, 2.75) is 0 Å². The van der Waals surface area contributed by atoms with Crippen LogP contribution in [0.3, 0.4) is 0 Å². The number of rotatable bonds is 2. The van der Waals surface area contributed by atoms with E-state index in [4.69, 9.17) is 11.6 Å². The Morgan fingerprint density at radius 1 is 1.16 bits per heavy atom. The van der Waals surface area contributed by atoms with Gasteiger partial charge < -0.3 is 5.32 Å². The van der Waals surface area contributed by atoms with Gasteiger partial charge in [-0.15, -0.1) is 0 Å². The highest BCUT2D eigenvalue weighted by Crippen LogP contribution is 2.27. The Balaban J connectivity index is 2.30. The predicted molar refractivity (Wildman–Crippen MR) is 94.0 cm³/mol. The Bertz CT molecular complexity index is 649. The zero-order chi connectivity index (χ0) is 14.0. The highest BCUT2D eigenvalue weighted by atomic mass is 127. The summed E-state index contributed by atoms with van der Waals surface area (Å²) in [5, 5.41) is 3.41. The van der Waals surface area contributed by atoms with Gasteiger partial charge in [-0.2, -0.15) is 0 Å². The van der Waals surface area contributed by atoms with Crippen molar-refractivity contribution in [3.8, 4) is 0 Å². The van der Waals surface area contributed by atoms with Gasteiger partial charge in [-0.3, -0.25) is 4.79 Å². The summed E-state index contributed by atoms with van der Waals surface area (Å²) in [5.74, 6) is -0.173. The van der Waals surface area contributed by atoms with Crippen LogP contribution in [-0.2, 0) is 0 Å². The lowest BCUT2D eigenvalue weighted by Crippen LogP contribution is -2.13. The molecule has 0 spiro atoms. The molecule has 6 heteroatoms. The third-order valence-electron chi connectivity index (χ3n) is 2.35. The predicted octanol–water partition coefficient (Wildman–Crippen LogP) is 5.72. The average Bonchev–Trinajstić information content (AvgIpc) is 2.36. The van der Waals surface area contributed by atoms with Crippen LogP contribution >= 0.6 is 66.1 Å². The summed E-state index contributed by atoms with van der Waals surface area (Å²) in [5.41, 5.74) is 1.26. The maximum atomic E-state index is 12.2. The largest absolute Gasteiger partial charge is 0.321 e. The van der Waals surface area contributed by atoms with Crippen LogP contribution in [0.1, 0.15) is 10.4 Å². The molecule has 0 bridgehead atoms. The average molecular weight is 515 g/mol. The van der Waals surface area contributed by atoms with E-state index in [1.165, 1.54) is 0 Å². The van der Waals surface area contributed by atoms with Crippen molar-refractivity contribution in [1.29, 1.82) is 0 Å². The first-order chi connectivity index (χ1) is 8.97. The minimum Gasteiger partial charge on any atom is -0.321 e. The molecule has 0 radical (unpaired) electrons. The summed E-state index contributed by atoms with van der Waals surface area (Å²) in [6, 6.07) is 10.8. The molecule has 1 amide bonds. The summed E-state index contributed by atoms with van der Waals surface area (Å²) in [4.78, 5) is 12.2. The molecule has 0 fully saturated rings. The van der Waals surface area contributed by atoms with Crippen molar-refractivity contribution >= 4 is 77.6 Å². The van der Waals surface area contributed by atoms with Gasteiger partial charge >= 0.3 is 0 Å². The SMILES string of the molecule is O=C(Nc1cc(Cl)ccc1Br)c1cc(Br)ccc1I. The zero-order valence-corrected chi connectivity index (χ0v) is 15.5. The van der Waals surface area contributed by atoms with Crippen LogP contribution < -0.4 is 5.32 Å². The van der Waals surface area contributed by atoms with Gasteiger partial charge in [0.05, 0.1) is 11.3 Å². The van der Waals surface area contributed by atoms with Crippen LogP contribution in [0, 0.1) is 3.57 Å². The van der Waals surface area contributed by atoms with E-state index in [1.807, 2.05) is 12.1 Å². The van der Waals surface area contributed by atoms with Gasteiger partial charge in [-0.25, -0.2) is 0 Å². The number of hydrogen-bond donors (Lipinski definition) is 1. The summed E-state index contributed by atoms with van der Waals surface area (Å²) in [6.07, 6.45) is 0. The molecule has 0 aliphatic heterocycles. The summed E-state index contributed by atoms with van der Waals surface area (Å²) in [6.45, 7) is 0. The Morgan fingerprint density at radius 3 is 2.63 bits per heavy atom. The second kappa shape index (κ2) is 6.56. The molecule has 2 rings (SSSR count). The van der Waals surface area contributed by atoms with Gasteiger partial charge in [-0.1, -0.05) is 27.5 Å². The lowest BCUT2D eigenvalue weighted by atomic mass is 10.2. The molecule has 2 nitrogen and oxygen atoms in total. The van der Waals surface area contributed by atoms with E-state index >= 15 is 0 Å². The summed E-state index contributed by atoms with van der Waals surface area (Å²) < 4.78 is 2.54. The molecule has 0 saturated heterocycles. The summed E-state index contributed by atoms with van der Waals surface area (Å²) in [7, 11) is 0. The van der Waals surface area contributed by atoms with Crippen LogP contribution in [0.15, 0.2) is 45.3 Å². The maximum absolute atomic E-state index is 12.2. The molecule has 0 unspecified atom stereocenters. The lowest BCUT2D eigenvalue weighted by Gasteiger charge is -2.09. The van der Waals surface area contributed by atoms with Crippen LogP contribution in [0.25, 0.3) is 0 Å². The molecule has 19 heavy (non-hydrogen) atoms. The molecule has 0 aromatic heterocycles. The van der Waals surface area contributed by atoms with E-state index in [2.05, 4.69) is 59.8 Å². The van der Waals surface area contributed by atoms with E-state index in [9.17, 15) is 4.79 Å². The fraction of sp³-hybridized carbons (Fsp3) is 0. The molecule has 2 aromatic rings. The quantitative estimate of drug-likeness (QED) is 0.510. The van der Waals surface area contributed by atoms with Gasteiger partial charge in [0.15, 0.2) is 0 Å². The molecule has 2 aromatic carbocycles. The summed E-state index contributed by atoms with van der Waals surface area (Å²) >= 11 is 14.8. The molecule has 0 aliphatic carbocycles. The third kappa shape index (κ3) is 3.93. The first-order valence-electron chi connectivity index (χ1n) is 5.19. The molecule has 0 atom stereocenters. The Morgan fingerprint density at radius 2 is 1.89 bits per heavy atom. The fourth-order valence-corrected chi connectivity index (χ4v) is 2.91. The van der Waals surface area contributed by atoms with Crippen molar-refractivity contribution in [3.05, 3.63) is 59.5 Å². The number of nitrogens with one attached hydrogen (secondary N) is 1. The number of benzene rings is 2. The molecule has 1 N–H and O–H groups in total. The number of amides is 1. The highest BCUT2D eigenvalue weighted by Gasteiger charge is 2.12. The van der Waals surface area contributed by atoms with Crippen LogP contribution in [0.4, 0.5) is 5.69 Å². The van der Waals surface area contributed by atoms with Gasteiger partial charge in [0.25, 0.3) is 5.91 Å². The first kappa shape index (κ1) is 15.3.